The summed E-state index contributed by atoms with van der Waals surface area (Å²) in [6.07, 6.45) is 1.52. The molecule has 0 fully saturated rings. The van der Waals surface area contributed by atoms with Crippen molar-refractivity contribution in [2.75, 3.05) is 11.9 Å². The van der Waals surface area contributed by atoms with Gasteiger partial charge in [0.25, 0.3) is 5.91 Å². The third-order valence-electron chi connectivity index (χ3n) is 2.21. The number of nitrogens with zero attached hydrogens (tertiary/aromatic N) is 1. The summed E-state index contributed by atoms with van der Waals surface area (Å²) in [5, 5.41) is 3.29. The average molecular weight is 292 g/mol. The quantitative estimate of drug-likeness (QED) is 0.835. The van der Waals surface area contributed by atoms with Gasteiger partial charge in [-0.1, -0.05) is 23.4 Å². The number of benzene rings is 1. The van der Waals surface area contributed by atoms with Gasteiger partial charge in [-0.05, 0) is 18.2 Å². The summed E-state index contributed by atoms with van der Waals surface area (Å²) in [4.78, 5) is 16.3. The van der Waals surface area contributed by atoms with Gasteiger partial charge in [0.2, 0.25) is 0 Å². The normalized spacial score (nSPS) is 9.58. The molecule has 1 amide bonds. The van der Waals surface area contributed by atoms with Crippen LogP contribution in [0.4, 0.5) is 5.69 Å². The second kappa shape index (κ2) is 6.34. The molecule has 19 heavy (non-hydrogen) atoms. The molecule has 3 N–H and O–H groups in total. The lowest BCUT2D eigenvalue weighted by molar-refractivity contribution is 0.103. The lowest BCUT2D eigenvalue weighted by atomic mass is 10.2. The van der Waals surface area contributed by atoms with Crippen molar-refractivity contribution in [1.82, 2.24) is 4.98 Å². The fraction of sp³-hybridized carbons (Fsp3) is 0.0769. The Balaban J connectivity index is 2.19. The van der Waals surface area contributed by atoms with Crippen molar-refractivity contribution in [2.24, 2.45) is 5.73 Å². The Kier molecular flexibility index (Phi) is 4.53. The summed E-state index contributed by atoms with van der Waals surface area (Å²) in [5.41, 5.74) is 8.19. The number of halogens is 1. The van der Waals surface area contributed by atoms with E-state index in [0.29, 0.717) is 21.2 Å². The van der Waals surface area contributed by atoms with Crippen molar-refractivity contribution in [2.45, 2.75) is 0 Å². The number of aromatic nitrogens is 1. The van der Waals surface area contributed by atoms with Crippen LogP contribution in [-0.4, -0.2) is 17.4 Å². The van der Waals surface area contributed by atoms with Crippen LogP contribution < -0.4 is 11.1 Å². The molecule has 1 aromatic carbocycles. The van der Waals surface area contributed by atoms with Gasteiger partial charge in [0, 0.05) is 11.3 Å². The zero-order valence-corrected chi connectivity index (χ0v) is 11.4. The molecule has 4 nitrogen and oxygen atoms in total. The van der Waals surface area contributed by atoms with Crippen LogP contribution in [0.15, 0.2) is 29.9 Å². The van der Waals surface area contributed by atoms with Gasteiger partial charge in [-0.2, -0.15) is 0 Å². The highest BCUT2D eigenvalue weighted by Crippen LogP contribution is 2.20. The van der Waals surface area contributed by atoms with Crippen molar-refractivity contribution < 1.29 is 4.79 Å². The monoisotopic (exact) mass is 291 g/mol. The molecule has 0 saturated carbocycles. The van der Waals surface area contributed by atoms with Crippen LogP contribution >= 0.6 is 22.9 Å². The first-order chi connectivity index (χ1) is 9.20. The van der Waals surface area contributed by atoms with Crippen LogP contribution in [0.2, 0.25) is 5.02 Å². The van der Waals surface area contributed by atoms with E-state index >= 15 is 0 Å². The Hall–Kier alpha value is -1.87. The van der Waals surface area contributed by atoms with E-state index in [-0.39, 0.29) is 12.5 Å². The van der Waals surface area contributed by atoms with E-state index in [1.807, 2.05) is 0 Å². The molecule has 2 aromatic rings. The molecular formula is C13H10ClN3OS. The summed E-state index contributed by atoms with van der Waals surface area (Å²) in [6.45, 7) is 0.258. The van der Waals surface area contributed by atoms with Gasteiger partial charge in [0.15, 0.2) is 0 Å². The smallest absolute Gasteiger partial charge is 0.267 e. The number of rotatable bonds is 2. The summed E-state index contributed by atoms with van der Waals surface area (Å²) < 4.78 is 0. The molecule has 0 aliphatic rings. The second-order valence-electron chi connectivity index (χ2n) is 3.52. The lowest BCUT2D eigenvalue weighted by Crippen LogP contribution is -2.10. The van der Waals surface area contributed by atoms with Crippen molar-refractivity contribution in [1.29, 1.82) is 0 Å². The van der Waals surface area contributed by atoms with Crippen molar-refractivity contribution in [3.8, 4) is 11.8 Å². The molecule has 1 aromatic heterocycles. The number of nitrogens with one attached hydrogen (secondary N) is 1. The Labute approximate surface area is 119 Å². The number of nitrogens with two attached hydrogens (primary N) is 1. The maximum absolute atomic E-state index is 11.9. The van der Waals surface area contributed by atoms with Crippen LogP contribution in [-0.2, 0) is 0 Å². The Morgan fingerprint density at radius 3 is 3.05 bits per heavy atom. The molecule has 2 rings (SSSR count). The molecular weight excluding hydrogens is 282 g/mol. The number of amides is 1. The van der Waals surface area contributed by atoms with E-state index in [4.69, 9.17) is 17.3 Å². The van der Waals surface area contributed by atoms with Gasteiger partial charge in [-0.25, -0.2) is 0 Å². The molecule has 0 unspecified atom stereocenters. The van der Waals surface area contributed by atoms with Crippen LogP contribution in [0.3, 0.4) is 0 Å². The zero-order chi connectivity index (χ0) is 13.7. The predicted molar refractivity (Wildman–Crippen MR) is 77.5 cm³/mol. The van der Waals surface area contributed by atoms with Gasteiger partial charge in [-0.3, -0.25) is 9.78 Å². The van der Waals surface area contributed by atoms with Crippen molar-refractivity contribution in [3.63, 3.8) is 0 Å². The molecule has 0 aliphatic heterocycles. The zero-order valence-electron chi connectivity index (χ0n) is 9.81. The van der Waals surface area contributed by atoms with E-state index in [1.165, 1.54) is 17.5 Å². The number of carbonyl (C=O) groups is 1. The molecule has 0 saturated heterocycles. The maximum atomic E-state index is 11.9. The number of hydrogen-bond acceptors (Lipinski definition) is 4. The molecule has 0 aliphatic carbocycles. The van der Waals surface area contributed by atoms with E-state index in [1.54, 1.807) is 23.7 Å². The fourth-order valence-corrected chi connectivity index (χ4v) is 2.05. The number of hydrogen-bond donors (Lipinski definition) is 2. The van der Waals surface area contributed by atoms with Gasteiger partial charge in [0.05, 0.1) is 23.3 Å². The number of carbonyl (C=O) groups excluding carboxylic acids is 1. The Morgan fingerprint density at radius 2 is 2.37 bits per heavy atom. The van der Waals surface area contributed by atoms with Crippen molar-refractivity contribution >= 4 is 34.5 Å². The minimum atomic E-state index is -0.206. The van der Waals surface area contributed by atoms with Crippen LogP contribution in [0.5, 0.6) is 0 Å². The SMILES string of the molecule is NCC#Cc1cc(NC(=O)c2cncs2)ccc1Cl. The number of anilines is 1. The first kappa shape index (κ1) is 13.6. The number of thiazole rings is 1. The highest BCUT2D eigenvalue weighted by Gasteiger charge is 2.08. The minimum Gasteiger partial charge on any atom is -0.321 e. The summed E-state index contributed by atoms with van der Waals surface area (Å²) >= 11 is 7.28. The first-order valence-electron chi connectivity index (χ1n) is 5.39. The molecule has 96 valence electrons. The standard InChI is InChI=1S/C13H10ClN3OS/c14-11-4-3-10(6-9(11)2-1-5-15)17-13(18)12-7-16-8-19-12/h3-4,6-8H,5,15H2,(H,17,18). The van der Waals surface area contributed by atoms with Crippen LogP contribution in [0.1, 0.15) is 15.2 Å². The molecule has 6 heteroatoms. The summed E-state index contributed by atoms with van der Waals surface area (Å²) in [6, 6.07) is 5.11. The first-order valence-corrected chi connectivity index (χ1v) is 6.65. The summed E-state index contributed by atoms with van der Waals surface area (Å²) in [5.74, 6) is 5.37. The van der Waals surface area contributed by atoms with E-state index in [2.05, 4.69) is 22.1 Å². The van der Waals surface area contributed by atoms with Crippen LogP contribution in [0.25, 0.3) is 0 Å². The van der Waals surface area contributed by atoms with Gasteiger partial charge >= 0.3 is 0 Å². The second-order valence-corrected chi connectivity index (χ2v) is 4.81. The molecule has 0 radical (unpaired) electrons. The lowest BCUT2D eigenvalue weighted by Gasteiger charge is -2.05. The topological polar surface area (TPSA) is 68.0 Å². The summed E-state index contributed by atoms with van der Waals surface area (Å²) in [7, 11) is 0. The molecule has 0 bridgehead atoms. The van der Waals surface area contributed by atoms with Gasteiger partial charge in [0.1, 0.15) is 4.88 Å². The van der Waals surface area contributed by atoms with E-state index in [9.17, 15) is 4.79 Å². The molecule has 0 atom stereocenters. The Morgan fingerprint density at radius 1 is 1.53 bits per heavy atom. The minimum absolute atomic E-state index is 0.206. The third kappa shape index (κ3) is 3.55. The van der Waals surface area contributed by atoms with Crippen LogP contribution in [0, 0.1) is 11.8 Å². The van der Waals surface area contributed by atoms with E-state index < -0.39 is 0 Å². The van der Waals surface area contributed by atoms with Gasteiger partial charge in [-0.15, -0.1) is 11.3 Å². The third-order valence-corrected chi connectivity index (χ3v) is 3.31. The maximum Gasteiger partial charge on any atom is 0.267 e. The Bertz CT molecular complexity index is 644. The van der Waals surface area contributed by atoms with E-state index in [0.717, 1.165) is 0 Å². The average Bonchev–Trinajstić information content (AvgIpc) is 2.93. The predicted octanol–water partition coefficient (Wildman–Crippen LogP) is 2.36. The largest absolute Gasteiger partial charge is 0.321 e. The fourth-order valence-electron chi connectivity index (χ4n) is 1.37. The van der Waals surface area contributed by atoms with Crippen molar-refractivity contribution in [3.05, 3.63) is 45.4 Å². The highest BCUT2D eigenvalue weighted by atomic mass is 35.5. The molecule has 1 heterocycles. The van der Waals surface area contributed by atoms with Gasteiger partial charge < -0.3 is 11.1 Å². The highest BCUT2D eigenvalue weighted by molar-refractivity contribution is 7.11. The molecule has 0 spiro atoms.